The van der Waals surface area contributed by atoms with Gasteiger partial charge in [-0.25, -0.2) is 0 Å². The van der Waals surface area contributed by atoms with Crippen LogP contribution >= 0.6 is 35.6 Å². The third-order valence-corrected chi connectivity index (χ3v) is 4.29. The van der Waals surface area contributed by atoms with Crippen molar-refractivity contribution in [3.05, 3.63) is 23.2 Å². The van der Waals surface area contributed by atoms with Gasteiger partial charge in [-0.3, -0.25) is 4.99 Å². The van der Waals surface area contributed by atoms with Gasteiger partial charge in [0.25, 0.3) is 0 Å². The molecule has 0 aliphatic carbocycles. The smallest absolute Gasteiger partial charge is 0.191 e. The Hall–Kier alpha value is -0.930. The summed E-state index contributed by atoms with van der Waals surface area (Å²) < 4.78 is 10.5. The monoisotopic (exact) mass is 482 g/mol. The van der Waals surface area contributed by atoms with E-state index in [4.69, 9.17) is 21.1 Å². The summed E-state index contributed by atoms with van der Waals surface area (Å²) in [5.74, 6) is 1.68. The molecule has 1 heterocycles. The number of halogens is 2. The first-order valence-corrected chi connectivity index (χ1v) is 8.60. The first-order valence-electron chi connectivity index (χ1n) is 8.22. The molecular formula is C17H28ClIN4O2. The molecule has 1 fully saturated rings. The molecule has 142 valence electrons. The van der Waals surface area contributed by atoms with Gasteiger partial charge in [0.2, 0.25) is 0 Å². The van der Waals surface area contributed by atoms with Crippen molar-refractivity contribution in [2.75, 3.05) is 52.4 Å². The quantitative estimate of drug-likeness (QED) is 0.271. The molecule has 1 aliphatic heterocycles. The Bertz CT molecular complexity index is 559. The SMILES string of the molecule is CN=C(NCCCOC)NC1CCN(c2cc(Cl)ccc2OC)C1.I. The first-order chi connectivity index (χ1) is 11.7. The Morgan fingerprint density at radius 3 is 2.88 bits per heavy atom. The molecule has 1 atom stereocenters. The van der Waals surface area contributed by atoms with Crippen LogP contribution in [0.3, 0.4) is 0 Å². The molecule has 0 saturated carbocycles. The summed E-state index contributed by atoms with van der Waals surface area (Å²) in [5, 5.41) is 7.51. The van der Waals surface area contributed by atoms with Gasteiger partial charge in [-0.2, -0.15) is 0 Å². The summed E-state index contributed by atoms with van der Waals surface area (Å²) in [4.78, 5) is 6.58. The fourth-order valence-electron chi connectivity index (χ4n) is 2.82. The van der Waals surface area contributed by atoms with Gasteiger partial charge >= 0.3 is 0 Å². The number of nitrogens with zero attached hydrogens (tertiary/aromatic N) is 2. The minimum Gasteiger partial charge on any atom is -0.495 e. The van der Waals surface area contributed by atoms with E-state index >= 15 is 0 Å². The maximum Gasteiger partial charge on any atom is 0.191 e. The van der Waals surface area contributed by atoms with Gasteiger partial charge in [0.1, 0.15) is 5.75 Å². The van der Waals surface area contributed by atoms with E-state index in [2.05, 4.69) is 20.5 Å². The number of methoxy groups -OCH3 is 2. The number of guanidine groups is 1. The van der Waals surface area contributed by atoms with Crippen molar-refractivity contribution in [3.8, 4) is 5.75 Å². The van der Waals surface area contributed by atoms with Crippen molar-refractivity contribution in [1.29, 1.82) is 0 Å². The third kappa shape index (κ3) is 6.71. The Balaban J connectivity index is 0.00000312. The van der Waals surface area contributed by atoms with Crippen LogP contribution in [0.5, 0.6) is 5.75 Å². The molecule has 8 heteroatoms. The van der Waals surface area contributed by atoms with Gasteiger partial charge in [0, 0.05) is 51.5 Å². The highest BCUT2D eigenvalue weighted by Gasteiger charge is 2.25. The van der Waals surface area contributed by atoms with E-state index in [0.717, 1.165) is 61.5 Å². The van der Waals surface area contributed by atoms with E-state index < -0.39 is 0 Å². The number of aliphatic imine (C=N–C) groups is 1. The molecule has 1 aromatic carbocycles. The maximum absolute atomic E-state index is 6.14. The fraction of sp³-hybridized carbons (Fsp3) is 0.588. The Labute approximate surface area is 172 Å². The molecule has 1 aromatic rings. The van der Waals surface area contributed by atoms with E-state index in [0.29, 0.717) is 6.04 Å². The first kappa shape index (κ1) is 22.1. The lowest BCUT2D eigenvalue weighted by atomic mass is 10.2. The molecule has 0 aromatic heterocycles. The number of rotatable bonds is 7. The molecule has 0 spiro atoms. The second-order valence-corrected chi connectivity index (χ2v) is 6.17. The fourth-order valence-corrected chi connectivity index (χ4v) is 2.98. The van der Waals surface area contributed by atoms with Gasteiger partial charge in [0.15, 0.2) is 5.96 Å². The highest BCUT2D eigenvalue weighted by Crippen LogP contribution is 2.33. The zero-order valence-corrected chi connectivity index (χ0v) is 18.1. The predicted molar refractivity (Wildman–Crippen MR) is 115 cm³/mol. The Morgan fingerprint density at radius 2 is 2.20 bits per heavy atom. The topological polar surface area (TPSA) is 58.1 Å². The average molecular weight is 483 g/mol. The van der Waals surface area contributed by atoms with Crippen LogP contribution in [0.2, 0.25) is 5.02 Å². The Kier molecular flexibility index (Phi) is 10.3. The lowest BCUT2D eigenvalue weighted by Crippen LogP contribution is -2.45. The molecule has 1 aliphatic rings. The second kappa shape index (κ2) is 11.6. The van der Waals surface area contributed by atoms with Crippen LogP contribution < -0.4 is 20.3 Å². The summed E-state index contributed by atoms with van der Waals surface area (Å²) >= 11 is 6.14. The zero-order chi connectivity index (χ0) is 17.4. The molecule has 2 rings (SSSR count). The average Bonchev–Trinajstić information content (AvgIpc) is 3.06. The normalized spacial score (nSPS) is 17.2. The van der Waals surface area contributed by atoms with Crippen LogP contribution in [0, 0.1) is 0 Å². The van der Waals surface area contributed by atoms with Gasteiger partial charge in [-0.05, 0) is 31.0 Å². The minimum atomic E-state index is 0. The number of ether oxygens (including phenoxy) is 2. The zero-order valence-electron chi connectivity index (χ0n) is 15.0. The van der Waals surface area contributed by atoms with Crippen LogP contribution in [0.1, 0.15) is 12.8 Å². The van der Waals surface area contributed by atoms with Crippen molar-refractivity contribution >= 4 is 47.2 Å². The minimum absolute atomic E-state index is 0. The highest BCUT2D eigenvalue weighted by atomic mass is 127. The molecule has 6 nitrogen and oxygen atoms in total. The van der Waals surface area contributed by atoms with Crippen LogP contribution in [-0.2, 0) is 4.74 Å². The van der Waals surface area contributed by atoms with Gasteiger partial charge in [-0.1, -0.05) is 11.6 Å². The molecular weight excluding hydrogens is 455 g/mol. The van der Waals surface area contributed by atoms with Crippen LogP contribution in [0.15, 0.2) is 23.2 Å². The highest BCUT2D eigenvalue weighted by molar-refractivity contribution is 14.0. The maximum atomic E-state index is 6.14. The van der Waals surface area contributed by atoms with E-state index in [-0.39, 0.29) is 24.0 Å². The van der Waals surface area contributed by atoms with Gasteiger partial charge in [-0.15, -0.1) is 24.0 Å². The molecule has 0 radical (unpaired) electrons. The predicted octanol–water partition coefficient (Wildman–Crippen LogP) is 2.75. The van der Waals surface area contributed by atoms with Crippen molar-refractivity contribution in [2.24, 2.45) is 4.99 Å². The van der Waals surface area contributed by atoms with E-state index in [9.17, 15) is 0 Å². The number of hydrogen-bond donors (Lipinski definition) is 2. The summed E-state index contributed by atoms with van der Waals surface area (Å²) in [5.41, 5.74) is 1.04. The third-order valence-electron chi connectivity index (χ3n) is 4.05. The van der Waals surface area contributed by atoms with Crippen molar-refractivity contribution in [2.45, 2.75) is 18.9 Å². The van der Waals surface area contributed by atoms with E-state index in [1.807, 2.05) is 18.2 Å². The lowest BCUT2D eigenvalue weighted by Gasteiger charge is -2.22. The summed E-state index contributed by atoms with van der Waals surface area (Å²) in [6.45, 7) is 3.42. The summed E-state index contributed by atoms with van der Waals surface area (Å²) in [6.07, 6.45) is 1.99. The van der Waals surface area contributed by atoms with Crippen molar-refractivity contribution in [1.82, 2.24) is 10.6 Å². The van der Waals surface area contributed by atoms with E-state index in [1.54, 1.807) is 21.3 Å². The second-order valence-electron chi connectivity index (χ2n) is 5.74. The lowest BCUT2D eigenvalue weighted by molar-refractivity contribution is 0.195. The number of benzene rings is 1. The molecule has 1 saturated heterocycles. The standard InChI is InChI=1S/C17H27ClN4O2.HI/c1-19-17(20-8-4-10-23-2)21-14-7-9-22(12-14)15-11-13(18)5-6-16(15)24-3;/h5-6,11,14H,4,7-10,12H2,1-3H3,(H2,19,20,21);1H. The number of anilines is 1. The van der Waals surface area contributed by atoms with Crippen LogP contribution in [0.25, 0.3) is 0 Å². The molecule has 2 N–H and O–H groups in total. The van der Waals surface area contributed by atoms with Crippen LogP contribution in [0.4, 0.5) is 5.69 Å². The van der Waals surface area contributed by atoms with E-state index in [1.165, 1.54) is 0 Å². The summed E-state index contributed by atoms with van der Waals surface area (Å²) in [6, 6.07) is 6.05. The van der Waals surface area contributed by atoms with Gasteiger partial charge < -0.3 is 25.0 Å². The molecule has 0 bridgehead atoms. The number of nitrogens with one attached hydrogen (secondary N) is 2. The molecule has 1 unspecified atom stereocenters. The largest absolute Gasteiger partial charge is 0.495 e. The number of hydrogen-bond acceptors (Lipinski definition) is 4. The van der Waals surface area contributed by atoms with Crippen LogP contribution in [-0.4, -0.2) is 59.5 Å². The molecule has 25 heavy (non-hydrogen) atoms. The Morgan fingerprint density at radius 1 is 1.40 bits per heavy atom. The summed E-state index contributed by atoms with van der Waals surface area (Å²) in [7, 11) is 5.19. The van der Waals surface area contributed by atoms with Crippen molar-refractivity contribution in [3.63, 3.8) is 0 Å². The van der Waals surface area contributed by atoms with Gasteiger partial charge in [0.05, 0.1) is 12.8 Å². The van der Waals surface area contributed by atoms with Crippen molar-refractivity contribution < 1.29 is 9.47 Å². The molecule has 0 amide bonds.